The lowest BCUT2D eigenvalue weighted by molar-refractivity contribution is -0.384. The number of non-ortho nitro benzene ring substituents is 1. The number of anilines is 1. The molecule has 0 spiro atoms. The molecule has 1 fully saturated rings. The quantitative estimate of drug-likeness (QED) is 0.369. The minimum absolute atomic E-state index is 0.0144. The molecule has 0 aliphatic carbocycles. The zero-order chi connectivity index (χ0) is 18.4. The Kier molecular flexibility index (Phi) is 5.62. The minimum atomic E-state index is -0.448. The van der Waals surface area contributed by atoms with E-state index in [0.717, 1.165) is 18.9 Å². The molecule has 3 rings (SSSR count). The Labute approximate surface area is 151 Å². The van der Waals surface area contributed by atoms with Crippen molar-refractivity contribution in [3.63, 3.8) is 0 Å². The zero-order valence-electron chi connectivity index (χ0n) is 14.4. The second kappa shape index (κ2) is 8.28. The van der Waals surface area contributed by atoms with Crippen LogP contribution in [0.15, 0.2) is 47.8 Å². The lowest BCUT2D eigenvalue weighted by Gasteiger charge is -2.27. The number of hydrogen-bond acceptors (Lipinski definition) is 6. The first-order chi connectivity index (χ1) is 12.6. The maximum absolute atomic E-state index is 10.8. The molecule has 8 heteroatoms. The molecule has 1 aromatic heterocycles. The summed E-state index contributed by atoms with van der Waals surface area (Å²) >= 11 is 0. The molecule has 0 radical (unpaired) electrons. The molecule has 0 unspecified atom stereocenters. The molecule has 136 valence electrons. The number of pyridine rings is 1. The Bertz CT molecular complexity index is 786. The number of nitro benzene ring substituents is 1. The van der Waals surface area contributed by atoms with E-state index in [-0.39, 0.29) is 18.1 Å². The van der Waals surface area contributed by atoms with Crippen LogP contribution in [-0.4, -0.2) is 28.8 Å². The topological polar surface area (TPSA) is 107 Å². The van der Waals surface area contributed by atoms with Gasteiger partial charge in [-0.3, -0.25) is 10.1 Å². The van der Waals surface area contributed by atoms with Crippen LogP contribution < -0.4 is 10.6 Å². The molecule has 0 bridgehead atoms. The first kappa shape index (κ1) is 17.7. The van der Waals surface area contributed by atoms with Crippen molar-refractivity contribution >= 4 is 17.3 Å². The van der Waals surface area contributed by atoms with Crippen molar-refractivity contribution in [3.05, 3.63) is 63.8 Å². The van der Waals surface area contributed by atoms with E-state index in [4.69, 9.17) is 10.6 Å². The van der Waals surface area contributed by atoms with Crippen LogP contribution in [0.3, 0.4) is 0 Å². The van der Waals surface area contributed by atoms with Gasteiger partial charge in [-0.15, -0.1) is 0 Å². The van der Waals surface area contributed by atoms with E-state index < -0.39 is 4.92 Å². The van der Waals surface area contributed by atoms with Crippen LogP contribution in [0, 0.1) is 10.1 Å². The number of amidine groups is 1. The minimum Gasteiger partial charge on any atom is -0.389 e. The largest absolute Gasteiger partial charge is 0.389 e. The van der Waals surface area contributed by atoms with Crippen LogP contribution in [0.4, 0.5) is 11.5 Å². The summed E-state index contributed by atoms with van der Waals surface area (Å²) < 4.78 is 0. The fourth-order valence-corrected chi connectivity index (χ4v) is 2.84. The second-order valence-corrected chi connectivity index (χ2v) is 6.13. The van der Waals surface area contributed by atoms with Crippen molar-refractivity contribution in [2.75, 3.05) is 18.0 Å². The van der Waals surface area contributed by atoms with Crippen LogP contribution in [0.25, 0.3) is 0 Å². The molecule has 26 heavy (non-hydrogen) atoms. The summed E-state index contributed by atoms with van der Waals surface area (Å²) in [5.41, 5.74) is 7.26. The summed E-state index contributed by atoms with van der Waals surface area (Å²) in [6, 6.07) is 10.0. The van der Waals surface area contributed by atoms with Crippen LogP contribution in [0.5, 0.6) is 0 Å². The van der Waals surface area contributed by atoms with Gasteiger partial charge in [0, 0.05) is 37.0 Å². The van der Waals surface area contributed by atoms with Gasteiger partial charge in [0.2, 0.25) is 0 Å². The lowest BCUT2D eigenvalue weighted by atomic mass is 10.1. The second-order valence-electron chi connectivity index (χ2n) is 6.13. The van der Waals surface area contributed by atoms with Gasteiger partial charge in [0.05, 0.1) is 4.92 Å². The van der Waals surface area contributed by atoms with E-state index in [1.54, 1.807) is 18.3 Å². The first-order valence-electron chi connectivity index (χ1n) is 8.53. The average molecular weight is 355 g/mol. The Hall–Kier alpha value is -3.16. The number of nitrogens with two attached hydrogens (primary N) is 1. The van der Waals surface area contributed by atoms with E-state index in [1.807, 2.05) is 12.1 Å². The van der Waals surface area contributed by atoms with Crippen molar-refractivity contribution < 1.29 is 9.76 Å². The van der Waals surface area contributed by atoms with Gasteiger partial charge < -0.3 is 15.5 Å². The number of nitrogens with zero attached hydrogens (tertiary/aromatic N) is 4. The number of piperidine rings is 1. The van der Waals surface area contributed by atoms with Gasteiger partial charge in [-0.2, -0.15) is 0 Å². The smallest absolute Gasteiger partial charge is 0.269 e. The molecular formula is C18H21N5O3. The van der Waals surface area contributed by atoms with E-state index in [1.165, 1.54) is 31.4 Å². The van der Waals surface area contributed by atoms with Crippen LogP contribution in [0.1, 0.15) is 30.4 Å². The Morgan fingerprint density at radius 3 is 2.77 bits per heavy atom. The maximum atomic E-state index is 10.8. The maximum Gasteiger partial charge on any atom is 0.269 e. The highest BCUT2D eigenvalue weighted by Crippen LogP contribution is 2.17. The standard InChI is InChI=1S/C18H21N5O3/c19-18(21-26-13-14-5-4-6-16(11-14)23(24)25)15-7-8-17(20-12-15)22-9-2-1-3-10-22/h4-8,11-12H,1-3,9-10,13H2,(H2,19,21). The molecule has 1 saturated heterocycles. The molecule has 8 nitrogen and oxygen atoms in total. The van der Waals surface area contributed by atoms with Crippen molar-refractivity contribution in [1.29, 1.82) is 0 Å². The Morgan fingerprint density at radius 1 is 1.27 bits per heavy atom. The van der Waals surface area contributed by atoms with E-state index in [2.05, 4.69) is 15.0 Å². The predicted octanol–water partition coefficient (Wildman–Crippen LogP) is 2.82. The molecule has 0 amide bonds. The molecular weight excluding hydrogens is 334 g/mol. The Balaban J connectivity index is 1.59. The first-order valence-corrected chi connectivity index (χ1v) is 8.53. The van der Waals surface area contributed by atoms with E-state index >= 15 is 0 Å². The number of aromatic nitrogens is 1. The van der Waals surface area contributed by atoms with Gasteiger partial charge in [0.25, 0.3) is 5.69 Å². The fourth-order valence-electron chi connectivity index (χ4n) is 2.84. The summed E-state index contributed by atoms with van der Waals surface area (Å²) in [7, 11) is 0. The Morgan fingerprint density at radius 2 is 2.08 bits per heavy atom. The normalized spacial score (nSPS) is 14.9. The lowest BCUT2D eigenvalue weighted by Crippen LogP contribution is -2.30. The summed E-state index contributed by atoms with van der Waals surface area (Å²) in [4.78, 5) is 22.3. The third-order valence-electron chi connectivity index (χ3n) is 4.24. The summed E-state index contributed by atoms with van der Waals surface area (Å²) in [6.45, 7) is 2.16. The number of rotatable bonds is 6. The fraction of sp³-hybridized carbons (Fsp3) is 0.333. The zero-order valence-corrected chi connectivity index (χ0v) is 14.4. The van der Waals surface area contributed by atoms with Crippen LogP contribution >= 0.6 is 0 Å². The summed E-state index contributed by atoms with van der Waals surface area (Å²) in [6.07, 6.45) is 5.34. The number of oxime groups is 1. The van der Waals surface area contributed by atoms with Crippen molar-refractivity contribution in [1.82, 2.24) is 4.98 Å². The SMILES string of the molecule is NC(=NOCc1cccc([N+](=O)[O-])c1)c1ccc(N2CCCCC2)nc1. The molecule has 1 aliphatic rings. The number of benzene rings is 1. The monoisotopic (exact) mass is 355 g/mol. The van der Waals surface area contributed by atoms with Crippen LogP contribution in [0.2, 0.25) is 0 Å². The van der Waals surface area contributed by atoms with Gasteiger partial charge in [0.1, 0.15) is 12.4 Å². The van der Waals surface area contributed by atoms with Gasteiger partial charge in [0.15, 0.2) is 5.84 Å². The predicted molar refractivity (Wildman–Crippen MR) is 98.9 cm³/mol. The highest BCUT2D eigenvalue weighted by molar-refractivity contribution is 5.96. The highest BCUT2D eigenvalue weighted by atomic mass is 16.6. The van der Waals surface area contributed by atoms with Crippen molar-refractivity contribution in [2.45, 2.75) is 25.9 Å². The average Bonchev–Trinajstić information content (AvgIpc) is 2.69. The van der Waals surface area contributed by atoms with Gasteiger partial charge in [-0.1, -0.05) is 17.3 Å². The summed E-state index contributed by atoms with van der Waals surface area (Å²) in [5.74, 6) is 1.16. The van der Waals surface area contributed by atoms with Gasteiger partial charge in [-0.25, -0.2) is 4.98 Å². The van der Waals surface area contributed by atoms with Crippen LogP contribution in [-0.2, 0) is 11.4 Å². The summed E-state index contributed by atoms with van der Waals surface area (Å²) in [5, 5.41) is 14.6. The molecule has 0 saturated carbocycles. The molecule has 2 heterocycles. The van der Waals surface area contributed by atoms with Crippen molar-refractivity contribution in [3.8, 4) is 0 Å². The molecule has 1 aromatic carbocycles. The van der Waals surface area contributed by atoms with Gasteiger partial charge >= 0.3 is 0 Å². The third kappa shape index (κ3) is 4.47. The molecule has 2 aromatic rings. The third-order valence-corrected chi connectivity index (χ3v) is 4.24. The number of hydrogen-bond donors (Lipinski definition) is 1. The number of nitro groups is 1. The highest BCUT2D eigenvalue weighted by Gasteiger charge is 2.12. The molecule has 2 N–H and O–H groups in total. The molecule has 0 atom stereocenters. The van der Waals surface area contributed by atoms with E-state index in [9.17, 15) is 10.1 Å². The molecule has 1 aliphatic heterocycles. The van der Waals surface area contributed by atoms with E-state index in [0.29, 0.717) is 11.1 Å². The van der Waals surface area contributed by atoms with Crippen molar-refractivity contribution in [2.24, 2.45) is 10.9 Å². The van der Waals surface area contributed by atoms with Gasteiger partial charge in [-0.05, 0) is 37.0 Å².